The van der Waals surface area contributed by atoms with Gasteiger partial charge in [0.1, 0.15) is 6.04 Å². The van der Waals surface area contributed by atoms with Crippen LogP contribution in [0.25, 0.3) is 0 Å². The van der Waals surface area contributed by atoms with E-state index in [0.29, 0.717) is 42.5 Å². The van der Waals surface area contributed by atoms with E-state index in [2.05, 4.69) is 10.5 Å². The Morgan fingerprint density at radius 1 is 1.11 bits per heavy atom. The van der Waals surface area contributed by atoms with Gasteiger partial charge in [0, 0.05) is 42.8 Å². The number of amides is 3. The molecule has 1 N–H and O–H groups in total. The average molecular weight is 405 g/mol. The first-order valence-corrected chi connectivity index (χ1v) is 9.31. The van der Waals surface area contributed by atoms with E-state index >= 15 is 0 Å². The maximum absolute atomic E-state index is 12.6. The summed E-state index contributed by atoms with van der Waals surface area (Å²) in [6.45, 7) is 4.95. The number of rotatable bonds is 4. The number of carbonyl (C=O) groups is 3. The molecule has 2 heterocycles. The lowest BCUT2D eigenvalue weighted by Crippen LogP contribution is -2.55. The highest BCUT2D eigenvalue weighted by Gasteiger charge is 2.29. The maximum atomic E-state index is 12.6. The number of carbonyl (C=O) groups excluding carboxylic acids is 3. The van der Waals surface area contributed by atoms with Crippen LogP contribution in [-0.2, 0) is 4.79 Å². The molecule has 0 radical (unpaired) electrons. The van der Waals surface area contributed by atoms with E-state index in [1.165, 1.54) is 0 Å². The smallest absolute Gasteiger partial charge is 0.292 e. The zero-order valence-corrected chi connectivity index (χ0v) is 16.4. The molecular formula is C19H21ClN4O4. The molecule has 1 aromatic heterocycles. The van der Waals surface area contributed by atoms with Gasteiger partial charge in [-0.15, -0.1) is 0 Å². The minimum Gasteiger partial charge on any atom is -0.351 e. The Morgan fingerprint density at radius 2 is 1.71 bits per heavy atom. The molecule has 0 bridgehead atoms. The lowest BCUT2D eigenvalue weighted by Gasteiger charge is -2.35. The van der Waals surface area contributed by atoms with E-state index in [1.807, 2.05) is 0 Å². The second kappa shape index (κ2) is 8.43. The molecule has 8 nitrogen and oxygen atoms in total. The molecule has 3 rings (SSSR count). The van der Waals surface area contributed by atoms with E-state index in [9.17, 15) is 14.4 Å². The summed E-state index contributed by atoms with van der Waals surface area (Å²) in [5.41, 5.74) is 1.07. The highest BCUT2D eigenvalue weighted by Crippen LogP contribution is 2.12. The molecule has 3 amide bonds. The van der Waals surface area contributed by atoms with Gasteiger partial charge in [-0.1, -0.05) is 16.8 Å². The van der Waals surface area contributed by atoms with Crippen molar-refractivity contribution in [3.63, 3.8) is 0 Å². The molecule has 1 atom stereocenters. The largest absolute Gasteiger partial charge is 0.351 e. The van der Waals surface area contributed by atoms with Crippen LogP contribution in [0.4, 0.5) is 0 Å². The van der Waals surface area contributed by atoms with Crippen molar-refractivity contribution in [3.05, 3.63) is 52.4 Å². The highest BCUT2D eigenvalue weighted by atomic mass is 35.5. The number of hydrogen-bond donors (Lipinski definition) is 1. The molecule has 0 spiro atoms. The van der Waals surface area contributed by atoms with Gasteiger partial charge in [0.25, 0.3) is 11.8 Å². The molecule has 1 fully saturated rings. The zero-order chi connectivity index (χ0) is 20.3. The summed E-state index contributed by atoms with van der Waals surface area (Å²) in [5.74, 6) is -0.574. The molecule has 148 valence electrons. The standard InChI is InChI=1S/C19H21ClN4O4/c1-12-11-16(28-22-12)19(27)24-9-7-23(8-10-24)18(26)13(2)21-17(25)14-3-5-15(20)6-4-14/h3-6,11,13H,7-10H2,1-2H3,(H,21,25). The Hall–Kier alpha value is -2.87. The molecule has 0 aliphatic carbocycles. The molecule has 1 aliphatic heterocycles. The lowest BCUT2D eigenvalue weighted by atomic mass is 10.2. The molecule has 9 heteroatoms. The normalized spacial score (nSPS) is 15.2. The number of piperazine rings is 1. The van der Waals surface area contributed by atoms with E-state index in [4.69, 9.17) is 16.1 Å². The Morgan fingerprint density at radius 3 is 2.29 bits per heavy atom. The van der Waals surface area contributed by atoms with Crippen LogP contribution >= 0.6 is 11.6 Å². The number of halogens is 1. The molecule has 1 aliphatic rings. The predicted molar refractivity (Wildman–Crippen MR) is 102 cm³/mol. The lowest BCUT2D eigenvalue weighted by molar-refractivity contribution is -0.134. The van der Waals surface area contributed by atoms with Crippen molar-refractivity contribution >= 4 is 29.3 Å². The average Bonchev–Trinajstić information content (AvgIpc) is 3.13. The third-order valence-corrected chi connectivity index (χ3v) is 4.79. The Bertz CT molecular complexity index is 872. The van der Waals surface area contributed by atoms with Gasteiger partial charge in [-0.2, -0.15) is 0 Å². The van der Waals surface area contributed by atoms with Crippen LogP contribution in [0.2, 0.25) is 5.02 Å². The molecule has 2 aromatic rings. The van der Waals surface area contributed by atoms with Crippen LogP contribution in [0.3, 0.4) is 0 Å². The van der Waals surface area contributed by atoms with Crippen LogP contribution < -0.4 is 5.32 Å². The Kier molecular flexibility index (Phi) is 5.99. The van der Waals surface area contributed by atoms with Crippen molar-refractivity contribution in [2.45, 2.75) is 19.9 Å². The summed E-state index contributed by atoms with van der Waals surface area (Å²) in [5, 5.41) is 6.96. The number of aryl methyl sites for hydroxylation is 1. The fraction of sp³-hybridized carbons (Fsp3) is 0.368. The van der Waals surface area contributed by atoms with Crippen molar-refractivity contribution in [2.24, 2.45) is 0 Å². The third kappa shape index (κ3) is 4.51. The zero-order valence-electron chi connectivity index (χ0n) is 15.6. The van der Waals surface area contributed by atoms with Crippen LogP contribution in [0, 0.1) is 6.92 Å². The molecule has 28 heavy (non-hydrogen) atoms. The number of nitrogens with one attached hydrogen (secondary N) is 1. The monoisotopic (exact) mass is 404 g/mol. The maximum Gasteiger partial charge on any atom is 0.292 e. The van der Waals surface area contributed by atoms with Gasteiger partial charge >= 0.3 is 0 Å². The van der Waals surface area contributed by atoms with Crippen molar-refractivity contribution < 1.29 is 18.9 Å². The SMILES string of the molecule is Cc1cc(C(=O)N2CCN(C(=O)C(C)NC(=O)c3ccc(Cl)cc3)CC2)on1. The summed E-state index contributed by atoms with van der Waals surface area (Å²) < 4.78 is 5.01. The minimum absolute atomic E-state index is 0.190. The number of benzene rings is 1. The van der Waals surface area contributed by atoms with E-state index < -0.39 is 6.04 Å². The van der Waals surface area contributed by atoms with Crippen molar-refractivity contribution in [1.29, 1.82) is 0 Å². The summed E-state index contributed by atoms with van der Waals surface area (Å²) in [4.78, 5) is 40.5. The summed E-state index contributed by atoms with van der Waals surface area (Å²) in [7, 11) is 0. The topological polar surface area (TPSA) is 95.8 Å². The minimum atomic E-state index is -0.678. The van der Waals surface area contributed by atoms with Gasteiger partial charge in [-0.3, -0.25) is 14.4 Å². The first kappa shape index (κ1) is 19.9. The molecule has 1 unspecified atom stereocenters. The van der Waals surface area contributed by atoms with Crippen LogP contribution in [-0.4, -0.2) is 64.9 Å². The molecule has 1 saturated heterocycles. The first-order chi connectivity index (χ1) is 13.3. The van der Waals surface area contributed by atoms with Crippen LogP contribution in [0.15, 0.2) is 34.9 Å². The Labute approximate surface area is 167 Å². The van der Waals surface area contributed by atoms with E-state index in [0.717, 1.165) is 0 Å². The van der Waals surface area contributed by atoms with Gasteiger partial charge < -0.3 is 19.6 Å². The van der Waals surface area contributed by atoms with Crippen molar-refractivity contribution in [3.8, 4) is 0 Å². The van der Waals surface area contributed by atoms with Crippen LogP contribution in [0.5, 0.6) is 0 Å². The molecule has 0 saturated carbocycles. The van der Waals surface area contributed by atoms with Crippen LogP contribution in [0.1, 0.15) is 33.5 Å². The third-order valence-electron chi connectivity index (χ3n) is 4.54. The first-order valence-electron chi connectivity index (χ1n) is 8.93. The molecule has 1 aromatic carbocycles. The van der Waals surface area contributed by atoms with Gasteiger partial charge in [-0.25, -0.2) is 0 Å². The number of aromatic nitrogens is 1. The van der Waals surface area contributed by atoms with Gasteiger partial charge in [0.2, 0.25) is 11.7 Å². The fourth-order valence-corrected chi connectivity index (χ4v) is 3.09. The summed E-state index contributed by atoms with van der Waals surface area (Å²) in [6.07, 6.45) is 0. The van der Waals surface area contributed by atoms with Crippen molar-refractivity contribution in [2.75, 3.05) is 26.2 Å². The number of hydrogen-bond acceptors (Lipinski definition) is 5. The molecular weight excluding hydrogens is 384 g/mol. The summed E-state index contributed by atoms with van der Waals surface area (Å²) >= 11 is 5.82. The summed E-state index contributed by atoms with van der Waals surface area (Å²) in [6, 6.07) is 7.36. The van der Waals surface area contributed by atoms with Gasteiger partial charge in [0.15, 0.2) is 0 Å². The fourth-order valence-electron chi connectivity index (χ4n) is 2.97. The quantitative estimate of drug-likeness (QED) is 0.837. The second-order valence-electron chi connectivity index (χ2n) is 6.65. The van der Waals surface area contributed by atoms with Gasteiger partial charge in [0.05, 0.1) is 5.69 Å². The highest BCUT2D eigenvalue weighted by molar-refractivity contribution is 6.30. The van der Waals surface area contributed by atoms with E-state index in [1.54, 1.807) is 54.0 Å². The number of nitrogens with zero attached hydrogens (tertiary/aromatic N) is 3. The van der Waals surface area contributed by atoms with Crippen molar-refractivity contribution in [1.82, 2.24) is 20.3 Å². The second-order valence-corrected chi connectivity index (χ2v) is 7.09. The Balaban J connectivity index is 1.52. The van der Waals surface area contributed by atoms with E-state index in [-0.39, 0.29) is 23.5 Å². The van der Waals surface area contributed by atoms with Gasteiger partial charge in [-0.05, 0) is 38.1 Å². The predicted octanol–water partition coefficient (Wildman–Crippen LogP) is 1.74.